The van der Waals surface area contributed by atoms with Crippen LogP contribution in [0.15, 0.2) is 61.3 Å². The summed E-state index contributed by atoms with van der Waals surface area (Å²) < 4.78 is 7.07. The van der Waals surface area contributed by atoms with Crippen LogP contribution in [0.5, 0.6) is 5.75 Å². The van der Waals surface area contributed by atoms with Crippen LogP contribution in [-0.4, -0.2) is 36.8 Å². The lowest BCUT2D eigenvalue weighted by atomic mass is 10.2. The smallest absolute Gasteiger partial charge is 0.190 e. The predicted molar refractivity (Wildman–Crippen MR) is 96.6 cm³/mol. The SMILES string of the molecule is COc1cccc(-n2cnnc2-c2nc(-c3cccnc3)cnc2N)c1. The predicted octanol–water partition coefficient (Wildman–Crippen LogP) is 2.38. The molecule has 0 bridgehead atoms. The van der Waals surface area contributed by atoms with Gasteiger partial charge in [-0.3, -0.25) is 9.55 Å². The summed E-state index contributed by atoms with van der Waals surface area (Å²) in [5.41, 5.74) is 8.84. The van der Waals surface area contributed by atoms with Crippen LogP contribution in [0, 0.1) is 0 Å². The van der Waals surface area contributed by atoms with E-state index >= 15 is 0 Å². The Balaban J connectivity index is 1.83. The van der Waals surface area contributed by atoms with E-state index in [1.807, 2.05) is 36.4 Å². The zero-order valence-corrected chi connectivity index (χ0v) is 13.9. The van der Waals surface area contributed by atoms with E-state index in [0.29, 0.717) is 17.2 Å². The van der Waals surface area contributed by atoms with Crippen molar-refractivity contribution >= 4 is 5.82 Å². The van der Waals surface area contributed by atoms with Gasteiger partial charge in [0.2, 0.25) is 0 Å². The van der Waals surface area contributed by atoms with E-state index in [0.717, 1.165) is 17.0 Å². The van der Waals surface area contributed by atoms with Crippen molar-refractivity contribution in [3.8, 4) is 34.2 Å². The van der Waals surface area contributed by atoms with Gasteiger partial charge in [0.1, 0.15) is 12.1 Å². The second-order valence-corrected chi connectivity index (χ2v) is 5.46. The van der Waals surface area contributed by atoms with Crippen LogP contribution in [-0.2, 0) is 0 Å². The molecule has 0 aliphatic rings. The third kappa shape index (κ3) is 2.84. The molecule has 4 aromatic rings. The maximum absolute atomic E-state index is 6.07. The number of rotatable bonds is 4. The van der Waals surface area contributed by atoms with Gasteiger partial charge >= 0.3 is 0 Å². The highest BCUT2D eigenvalue weighted by Gasteiger charge is 2.16. The molecule has 0 spiro atoms. The van der Waals surface area contributed by atoms with Crippen molar-refractivity contribution in [2.24, 2.45) is 0 Å². The average Bonchev–Trinajstić information content (AvgIpc) is 3.19. The van der Waals surface area contributed by atoms with E-state index in [4.69, 9.17) is 10.5 Å². The number of nitrogens with zero attached hydrogens (tertiary/aromatic N) is 6. The Kier molecular flexibility index (Phi) is 3.98. The summed E-state index contributed by atoms with van der Waals surface area (Å²) >= 11 is 0. The normalized spacial score (nSPS) is 10.7. The number of anilines is 1. The highest BCUT2D eigenvalue weighted by atomic mass is 16.5. The fourth-order valence-corrected chi connectivity index (χ4v) is 2.56. The standard InChI is InChI=1S/C18H15N7O/c1-26-14-6-2-5-13(8-14)25-11-22-24-18(25)16-17(19)21-10-15(23-16)12-4-3-7-20-9-12/h2-11H,1H3,(H2,19,21). The fraction of sp³-hybridized carbons (Fsp3) is 0.0556. The molecular formula is C18H15N7O. The summed E-state index contributed by atoms with van der Waals surface area (Å²) in [6.07, 6.45) is 6.63. The first-order chi connectivity index (χ1) is 12.8. The molecule has 0 unspecified atom stereocenters. The Morgan fingerprint density at radius 1 is 1.12 bits per heavy atom. The number of methoxy groups -OCH3 is 1. The van der Waals surface area contributed by atoms with Crippen molar-refractivity contribution in [1.82, 2.24) is 29.7 Å². The minimum Gasteiger partial charge on any atom is -0.497 e. The van der Waals surface area contributed by atoms with Crippen LogP contribution in [0.25, 0.3) is 28.5 Å². The summed E-state index contributed by atoms with van der Waals surface area (Å²) in [7, 11) is 1.62. The van der Waals surface area contributed by atoms with Crippen molar-refractivity contribution in [1.29, 1.82) is 0 Å². The van der Waals surface area contributed by atoms with Gasteiger partial charge in [0.15, 0.2) is 17.3 Å². The summed E-state index contributed by atoms with van der Waals surface area (Å²) in [5.74, 6) is 1.49. The van der Waals surface area contributed by atoms with Crippen LogP contribution in [0.2, 0.25) is 0 Å². The van der Waals surface area contributed by atoms with Gasteiger partial charge in [-0.15, -0.1) is 10.2 Å². The first kappa shape index (κ1) is 15.7. The zero-order valence-electron chi connectivity index (χ0n) is 13.9. The molecule has 0 saturated carbocycles. The number of pyridine rings is 1. The molecule has 0 aliphatic heterocycles. The molecule has 4 rings (SSSR count). The lowest BCUT2D eigenvalue weighted by Crippen LogP contribution is -2.04. The fourth-order valence-electron chi connectivity index (χ4n) is 2.56. The topological polar surface area (TPSA) is 105 Å². The number of aromatic nitrogens is 6. The highest BCUT2D eigenvalue weighted by molar-refractivity contribution is 5.69. The van der Waals surface area contributed by atoms with E-state index < -0.39 is 0 Å². The van der Waals surface area contributed by atoms with E-state index in [2.05, 4.69) is 25.1 Å². The zero-order chi connectivity index (χ0) is 17.9. The van der Waals surface area contributed by atoms with Gasteiger partial charge in [0.25, 0.3) is 0 Å². The molecule has 0 radical (unpaired) electrons. The number of hydrogen-bond acceptors (Lipinski definition) is 7. The lowest BCUT2D eigenvalue weighted by Gasteiger charge is -2.10. The van der Waals surface area contributed by atoms with Crippen LogP contribution in [0.3, 0.4) is 0 Å². The second kappa shape index (κ2) is 6.60. The Hall–Kier alpha value is -3.81. The van der Waals surface area contributed by atoms with Crippen molar-refractivity contribution in [3.05, 3.63) is 61.3 Å². The van der Waals surface area contributed by atoms with Gasteiger partial charge in [0.05, 0.1) is 24.7 Å². The van der Waals surface area contributed by atoms with Crippen molar-refractivity contribution < 1.29 is 4.74 Å². The number of nitrogens with two attached hydrogens (primary N) is 1. The molecule has 0 atom stereocenters. The molecule has 0 amide bonds. The minimum atomic E-state index is 0.273. The van der Waals surface area contributed by atoms with E-state index in [9.17, 15) is 0 Å². The third-order valence-electron chi connectivity index (χ3n) is 3.85. The van der Waals surface area contributed by atoms with Crippen LogP contribution < -0.4 is 10.5 Å². The first-order valence-electron chi connectivity index (χ1n) is 7.84. The Labute approximate surface area is 149 Å². The molecule has 1 aromatic carbocycles. The van der Waals surface area contributed by atoms with Gasteiger partial charge in [-0.2, -0.15) is 0 Å². The molecule has 26 heavy (non-hydrogen) atoms. The highest BCUT2D eigenvalue weighted by Crippen LogP contribution is 2.27. The second-order valence-electron chi connectivity index (χ2n) is 5.46. The van der Waals surface area contributed by atoms with Crippen LogP contribution >= 0.6 is 0 Å². The Morgan fingerprint density at radius 2 is 2.04 bits per heavy atom. The molecule has 3 aromatic heterocycles. The molecule has 8 nitrogen and oxygen atoms in total. The largest absolute Gasteiger partial charge is 0.497 e. The summed E-state index contributed by atoms with van der Waals surface area (Å²) in [6.45, 7) is 0. The quantitative estimate of drug-likeness (QED) is 0.605. The molecule has 3 heterocycles. The Bertz CT molecular complexity index is 1050. The number of hydrogen-bond donors (Lipinski definition) is 1. The maximum atomic E-state index is 6.07. The minimum absolute atomic E-state index is 0.273. The third-order valence-corrected chi connectivity index (χ3v) is 3.85. The average molecular weight is 345 g/mol. The molecule has 128 valence electrons. The van der Waals surface area contributed by atoms with Gasteiger partial charge in [-0.05, 0) is 24.3 Å². The molecule has 2 N–H and O–H groups in total. The van der Waals surface area contributed by atoms with Crippen molar-refractivity contribution in [2.45, 2.75) is 0 Å². The number of nitrogen functional groups attached to an aromatic ring is 1. The van der Waals surface area contributed by atoms with Gasteiger partial charge in [-0.1, -0.05) is 6.07 Å². The summed E-state index contributed by atoms with van der Waals surface area (Å²) in [6, 6.07) is 11.3. The van der Waals surface area contributed by atoms with Crippen LogP contribution in [0.1, 0.15) is 0 Å². The first-order valence-corrected chi connectivity index (χ1v) is 7.84. The van der Waals surface area contributed by atoms with E-state index in [-0.39, 0.29) is 5.82 Å². The van der Waals surface area contributed by atoms with Gasteiger partial charge in [-0.25, -0.2) is 9.97 Å². The van der Waals surface area contributed by atoms with Crippen LogP contribution in [0.4, 0.5) is 5.82 Å². The van der Waals surface area contributed by atoms with Crippen molar-refractivity contribution in [3.63, 3.8) is 0 Å². The number of ether oxygens (including phenoxy) is 1. The molecular weight excluding hydrogens is 330 g/mol. The molecule has 0 fully saturated rings. The van der Waals surface area contributed by atoms with Gasteiger partial charge < -0.3 is 10.5 Å². The lowest BCUT2D eigenvalue weighted by molar-refractivity contribution is 0.414. The number of benzene rings is 1. The Morgan fingerprint density at radius 3 is 2.85 bits per heavy atom. The van der Waals surface area contributed by atoms with E-state index in [1.54, 1.807) is 36.6 Å². The van der Waals surface area contributed by atoms with E-state index in [1.165, 1.54) is 0 Å². The monoisotopic (exact) mass is 345 g/mol. The molecule has 0 saturated heterocycles. The summed E-state index contributed by atoms with van der Waals surface area (Å²) in [4.78, 5) is 13.0. The molecule has 0 aliphatic carbocycles. The maximum Gasteiger partial charge on any atom is 0.190 e. The van der Waals surface area contributed by atoms with Gasteiger partial charge in [0, 0.05) is 24.0 Å². The molecule has 8 heteroatoms. The van der Waals surface area contributed by atoms with Crippen molar-refractivity contribution in [2.75, 3.05) is 12.8 Å². The summed E-state index contributed by atoms with van der Waals surface area (Å²) in [5, 5.41) is 8.20.